The molecule has 3 aliphatic rings. The molecule has 0 aliphatic carbocycles. The van der Waals surface area contributed by atoms with Gasteiger partial charge in [-0.25, -0.2) is 8.42 Å². The van der Waals surface area contributed by atoms with Gasteiger partial charge in [-0.05, 0) is 61.3 Å². The summed E-state index contributed by atoms with van der Waals surface area (Å²) in [4.78, 5) is 57.3. The van der Waals surface area contributed by atoms with Gasteiger partial charge in [0.15, 0.2) is 9.84 Å². The fraction of sp³-hybridized carbons (Fsp3) is 0.500. The first-order valence-electron chi connectivity index (χ1n) is 15.0. The van der Waals surface area contributed by atoms with Crippen LogP contribution in [0.4, 0.5) is 0 Å². The molecule has 43 heavy (non-hydrogen) atoms. The number of hydrogen-bond donors (Lipinski definition) is 2. The van der Waals surface area contributed by atoms with Crippen molar-refractivity contribution in [2.45, 2.75) is 68.5 Å². The lowest BCUT2D eigenvalue weighted by Gasteiger charge is -2.51. The largest absolute Gasteiger partial charge is 0.345 e. The Hall–Kier alpha value is -3.73. The zero-order chi connectivity index (χ0) is 30.7. The van der Waals surface area contributed by atoms with Gasteiger partial charge in [0.1, 0.15) is 12.1 Å². The Kier molecular flexibility index (Phi) is 9.19. The van der Waals surface area contributed by atoms with Gasteiger partial charge in [0.25, 0.3) is 0 Å². The van der Waals surface area contributed by atoms with Gasteiger partial charge >= 0.3 is 0 Å². The van der Waals surface area contributed by atoms with Crippen LogP contribution in [0.25, 0.3) is 0 Å². The number of rotatable bonds is 5. The summed E-state index contributed by atoms with van der Waals surface area (Å²) in [5, 5.41) is 5.68. The van der Waals surface area contributed by atoms with Gasteiger partial charge in [0.05, 0.1) is 11.3 Å². The van der Waals surface area contributed by atoms with Gasteiger partial charge in [0, 0.05) is 44.8 Å². The number of benzene rings is 2. The number of amides is 4. The molecule has 0 unspecified atom stereocenters. The summed E-state index contributed by atoms with van der Waals surface area (Å²) >= 11 is 0. The van der Waals surface area contributed by atoms with E-state index in [0.29, 0.717) is 38.9 Å². The van der Waals surface area contributed by atoms with Crippen LogP contribution < -0.4 is 10.6 Å². The molecule has 0 spiro atoms. The van der Waals surface area contributed by atoms with Crippen LogP contribution in [0.2, 0.25) is 0 Å². The normalized spacial score (nSPS) is 26.8. The number of nitrogens with zero attached hydrogens (tertiary/aromatic N) is 2. The topological polar surface area (TPSA) is 133 Å². The number of hydrogen-bond acceptors (Lipinski definition) is 6. The van der Waals surface area contributed by atoms with Gasteiger partial charge in [0.2, 0.25) is 23.6 Å². The molecule has 5 rings (SSSR count). The number of likely N-dealkylation sites (tertiary alicyclic amines) is 1. The number of carbonyl (C=O) groups excluding carboxylic acids is 4. The minimum Gasteiger partial charge on any atom is -0.345 e. The van der Waals surface area contributed by atoms with Crippen molar-refractivity contribution in [2.24, 2.45) is 11.8 Å². The van der Waals surface area contributed by atoms with Gasteiger partial charge in [-0.3, -0.25) is 19.2 Å². The van der Waals surface area contributed by atoms with Crippen LogP contribution in [0.3, 0.4) is 0 Å². The number of sulfone groups is 1. The van der Waals surface area contributed by atoms with E-state index in [9.17, 15) is 27.6 Å². The fourth-order valence-corrected chi connectivity index (χ4v) is 7.34. The molecule has 230 valence electrons. The minimum absolute atomic E-state index is 0.0303. The van der Waals surface area contributed by atoms with Gasteiger partial charge < -0.3 is 20.4 Å². The first kappa shape index (κ1) is 30.7. The maximum Gasteiger partial charge on any atom is 0.245 e. The number of nitrogens with one attached hydrogen (secondary N) is 2. The smallest absolute Gasteiger partial charge is 0.245 e. The molecule has 2 aromatic rings. The van der Waals surface area contributed by atoms with Crippen LogP contribution in [0.5, 0.6) is 0 Å². The molecule has 2 N–H and O–H groups in total. The van der Waals surface area contributed by atoms with E-state index in [1.54, 1.807) is 19.1 Å². The molecule has 10 nitrogen and oxygen atoms in total. The Morgan fingerprint density at radius 2 is 1.65 bits per heavy atom. The molecule has 0 radical (unpaired) electrons. The summed E-state index contributed by atoms with van der Waals surface area (Å²) in [6, 6.07) is 14.3. The zero-order valence-electron chi connectivity index (χ0n) is 24.7. The van der Waals surface area contributed by atoms with Crippen LogP contribution >= 0.6 is 0 Å². The van der Waals surface area contributed by atoms with Crippen molar-refractivity contribution >= 4 is 33.5 Å². The molecule has 2 aromatic carbocycles. The quantitative estimate of drug-likeness (QED) is 0.531. The van der Waals surface area contributed by atoms with Gasteiger partial charge in [-0.15, -0.1) is 0 Å². The van der Waals surface area contributed by atoms with Crippen molar-refractivity contribution in [1.29, 1.82) is 0 Å². The fourth-order valence-electron chi connectivity index (χ4n) is 6.71. The number of fused-ring (bicyclic) bond motifs is 4. The van der Waals surface area contributed by atoms with Crippen LogP contribution in [-0.2, 0) is 41.9 Å². The third kappa shape index (κ3) is 7.44. The van der Waals surface area contributed by atoms with Crippen LogP contribution in [0.15, 0.2) is 59.5 Å². The molecule has 0 aromatic heterocycles. The zero-order valence-corrected chi connectivity index (χ0v) is 25.5. The number of carbonyl (C=O) groups is 4. The van der Waals surface area contributed by atoms with Crippen molar-refractivity contribution in [2.75, 3.05) is 25.9 Å². The summed E-state index contributed by atoms with van der Waals surface area (Å²) < 4.78 is 23.6. The summed E-state index contributed by atoms with van der Waals surface area (Å²) in [7, 11) is -3.32. The van der Waals surface area contributed by atoms with E-state index in [1.807, 2.05) is 40.1 Å². The summed E-state index contributed by atoms with van der Waals surface area (Å²) in [6.07, 6.45) is 4.01. The third-order valence-corrected chi connectivity index (χ3v) is 10.0. The summed E-state index contributed by atoms with van der Waals surface area (Å²) in [5.74, 6) is -0.598. The third-order valence-electron chi connectivity index (χ3n) is 8.88. The Balaban J connectivity index is 1.35. The molecule has 3 fully saturated rings. The van der Waals surface area contributed by atoms with Crippen molar-refractivity contribution in [1.82, 2.24) is 20.4 Å². The van der Waals surface area contributed by atoms with E-state index < -0.39 is 27.8 Å². The molecule has 4 amide bonds. The molecular formula is C32H40N4O6S. The monoisotopic (exact) mass is 608 g/mol. The Bertz CT molecular complexity index is 1460. The molecule has 3 aliphatic heterocycles. The number of piperidine rings is 2. The van der Waals surface area contributed by atoms with Crippen molar-refractivity contribution < 1.29 is 27.6 Å². The van der Waals surface area contributed by atoms with E-state index >= 15 is 0 Å². The highest BCUT2D eigenvalue weighted by Crippen LogP contribution is 2.36. The van der Waals surface area contributed by atoms with Crippen molar-refractivity contribution in [3.63, 3.8) is 0 Å². The Morgan fingerprint density at radius 3 is 2.35 bits per heavy atom. The van der Waals surface area contributed by atoms with Gasteiger partial charge in [-0.2, -0.15) is 0 Å². The summed E-state index contributed by atoms with van der Waals surface area (Å²) in [5.41, 5.74) is 1.68. The second-order valence-corrected chi connectivity index (χ2v) is 14.3. The van der Waals surface area contributed by atoms with E-state index in [2.05, 4.69) is 10.6 Å². The van der Waals surface area contributed by atoms with E-state index in [0.717, 1.165) is 23.8 Å². The predicted octanol–water partition coefficient (Wildman–Crippen LogP) is 1.72. The first-order valence-corrected chi connectivity index (χ1v) is 16.9. The molecule has 11 heteroatoms. The van der Waals surface area contributed by atoms with Crippen LogP contribution in [0.1, 0.15) is 43.7 Å². The highest BCUT2D eigenvalue weighted by molar-refractivity contribution is 7.90. The second-order valence-electron chi connectivity index (χ2n) is 12.2. The Labute approximate surface area is 253 Å². The predicted molar refractivity (Wildman–Crippen MR) is 160 cm³/mol. The minimum atomic E-state index is -3.32. The highest BCUT2D eigenvalue weighted by Gasteiger charge is 2.45. The molecular weight excluding hydrogens is 568 g/mol. The van der Waals surface area contributed by atoms with Crippen molar-refractivity contribution in [3.05, 3.63) is 65.7 Å². The molecule has 0 saturated carbocycles. The molecule has 3 heterocycles. The van der Waals surface area contributed by atoms with E-state index in [1.165, 1.54) is 12.1 Å². The second kappa shape index (κ2) is 12.9. The Morgan fingerprint density at radius 1 is 0.930 bits per heavy atom. The molecule has 2 bridgehead atoms. The molecule has 3 saturated heterocycles. The van der Waals surface area contributed by atoms with E-state index in [4.69, 9.17) is 0 Å². The van der Waals surface area contributed by atoms with Crippen LogP contribution in [-0.4, -0.2) is 85.9 Å². The standard InChI is InChI=1S/C32H40N4O6S/c1-21-31(39)34-27(16-22-7-4-3-5-8-22)32(40)36-19-24-15-25(28(36)9-6-10-29(37)33-21)20-35(18-24)30(38)17-23-11-13-26(14-12-23)43(2,41)42/h3-5,7-8,11-14,21,24-25,27-28H,6,9-10,15-20H2,1-2H3,(H,33,37)(H,34,39)/t21-,24+,25-,27+,28+/m1/s1. The molecule has 5 atom stereocenters. The lowest BCUT2D eigenvalue weighted by molar-refractivity contribution is -0.148. The average molecular weight is 609 g/mol. The highest BCUT2D eigenvalue weighted by atomic mass is 32.2. The average Bonchev–Trinajstić information content (AvgIpc) is 2.97. The van der Waals surface area contributed by atoms with E-state index in [-0.39, 0.29) is 53.3 Å². The van der Waals surface area contributed by atoms with Crippen LogP contribution in [0, 0.1) is 11.8 Å². The van der Waals surface area contributed by atoms with Crippen molar-refractivity contribution in [3.8, 4) is 0 Å². The lowest BCUT2D eigenvalue weighted by atomic mass is 9.77. The maximum absolute atomic E-state index is 14.2. The van der Waals surface area contributed by atoms with Gasteiger partial charge in [-0.1, -0.05) is 42.5 Å². The first-order chi connectivity index (χ1) is 20.5. The lowest BCUT2D eigenvalue weighted by Crippen LogP contribution is -2.64. The SMILES string of the molecule is C[C@H]1NC(=O)CCC[C@H]2[C@@H]3C[C@@H](CN(C(=O)Cc4ccc(S(C)(=O)=O)cc4)C3)CN2C(=O)[C@H](Cc2ccccc2)NC1=O. The summed E-state index contributed by atoms with van der Waals surface area (Å²) in [6.45, 7) is 3.14. The maximum atomic E-state index is 14.2.